The van der Waals surface area contributed by atoms with Gasteiger partial charge in [-0.2, -0.15) is 0 Å². The lowest BCUT2D eigenvalue weighted by atomic mass is 10.1. The minimum atomic E-state index is -0.729. The molecule has 0 bridgehead atoms. The summed E-state index contributed by atoms with van der Waals surface area (Å²) in [6.45, 7) is 10.9. The van der Waals surface area contributed by atoms with E-state index in [0.29, 0.717) is 23.2 Å². The van der Waals surface area contributed by atoms with Gasteiger partial charge in [0.15, 0.2) is 16.6 Å². The van der Waals surface area contributed by atoms with Crippen molar-refractivity contribution in [1.29, 1.82) is 0 Å². The molecule has 1 aromatic heterocycles. The predicted molar refractivity (Wildman–Crippen MR) is 134 cm³/mol. The number of para-hydroxylation sites is 2. The molecule has 1 amide bonds. The third-order valence-electron chi connectivity index (χ3n) is 6.35. The number of morpholine rings is 1. The Balaban J connectivity index is 1.41. The van der Waals surface area contributed by atoms with Gasteiger partial charge in [0.1, 0.15) is 6.10 Å². The van der Waals surface area contributed by atoms with E-state index in [-0.39, 0.29) is 5.91 Å². The number of anilines is 1. The van der Waals surface area contributed by atoms with Crippen LogP contribution in [0.4, 0.5) is 5.13 Å². The molecular formula is C26H31N3O4S. The van der Waals surface area contributed by atoms with E-state index in [4.69, 9.17) is 19.2 Å². The summed E-state index contributed by atoms with van der Waals surface area (Å²) in [6.07, 6.45) is -0.284. The Hall–Kier alpha value is -2.68. The van der Waals surface area contributed by atoms with Crippen LogP contribution in [0.2, 0.25) is 0 Å². The summed E-state index contributed by atoms with van der Waals surface area (Å²) in [4.78, 5) is 23.0. The highest BCUT2D eigenvalue weighted by molar-refractivity contribution is 7.22. The van der Waals surface area contributed by atoms with Gasteiger partial charge in [0.2, 0.25) is 6.10 Å². The molecule has 0 saturated carbocycles. The van der Waals surface area contributed by atoms with E-state index in [0.717, 1.165) is 49.5 Å². The van der Waals surface area contributed by atoms with E-state index < -0.39 is 12.2 Å². The molecule has 2 unspecified atom stereocenters. The van der Waals surface area contributed by atoms with Gasteiger partial charge in [0.05, 0.1) is 23.4 Å². The monoisotopic (exact) mass is 481 g/mol. The van der Waals surface area contributed by atoms with Crippen molar-refractivity contribution in [3.63, 3.8) is 0 Å². The van der Waals surface area contributed by atoms with Crippen LogP contribution in [0.3, 0.4) is 0 Å². The molecule has 0 N–H and O–H groups in total. The summed E-state index contributed by atoms with van der Waals surface area (Å²) in [6, 6.07) is 11.7. The first-order valence-corrected chi connectivity index (χ1v) is 12.7. The summed E-state index contributed by atoms with van der Waals surface area (Å²) in [5, 5.41) is 0.713. The number of nitrogens with zero attached hydrogens (tertiary/aromatic N) is 3. The predicted octanol–water partition coefficient (Wildman–Crippen LogP) is 4.20. The van der Waals surface area contributed by atoms with Crippen molar-refractivity contribution < 1.29 is 19.0 Å². The first-order valence-electron chi connectivity index (χ1n) is 11.9. The van der Waals surface area contributed by atoms with E-state index in [1.165, 1.54) is 11.1 Å². The number of benzene rings is 2. The highest BCUT2D eigenvalue weighted by Gasteiger charge is 2.38. The normalized spacial score (nSPS) is 20.4. The number of thiazole rings is 1. The highest BCUT2D eigenvalue weighted by Crippen LogP contribution is 2.36. The molecule has 0 aliphatic carbocycles. The average molecular weight is 482 g/mol. The Morgan fingerprint density at radius 2 is 1.88 bits per heavy atom. The summed E-state index contributed by atoms with van der Waals surface area (Å²) >= 11 is 1.57. The van der Waals surface area contributed by atoms with Gasteiger partial charge in [0.25, 0.3) is 5.91 Å². The van der Waals surface area contributed by atoms with Crippen LogP contribution in [0.5, 0.6) is 11.5 Å². The minimum absolute atomic E-state index is 0.114. The van der Waals surface area contributed by atoms with Gasteiger partial charge in [-0.15, -0.1) is 0 Å². The number of hydrogen-bond donors (Lipinski definition) is 0. The number of hydrogen-bond acceptors (Lipinski definition) is 7. The Bertz CT molecular complexity index is 1170. The maximum absolute atomic E-state index is 13.9. The highest BCUT2D eigenvalue weighted by atomic mass is 32.1. The molecule has 5 rings (SSSR count). The van der Waals surface area contributed by atoms with Gasteiger partial charge in [-0.25, -0.2) is 4.98 Å². The number of ether oxygens (including phenoxy) is 3. The summed E-state index contributed by atoms with van der Waals surface area (Å²) in [5.41, 5.74) is 3.28. The zero-order chi connectivity index (χ0) is 23.7. The first-order chi connectivity index (χ1) is 16.5. The largest absolute Gasteiger partial charge is 0.482 e. The van der Waals surface area contributed by atoms with Crippen LogP contribution in [0.25, 0.3) is 10.2 Å². The standard InChI is InChI=1S/C26H31N3O4S/c1-17-15-18(2)24-20(16-17)27-26(34-24)29(10-6-9-28-11-13-31-14-12-28)25(30)23-19(3)32-21-7-4-5-8-22(21)33-23/h4-5,7-8,15-16,19,23H,6,9-14H2,1-3H3. The lowest BCUT2D eigenvalue weighted by molar-refractivity contribution is -0.130. The number of carbonyl (C=O) groups is 1. The fraction of sp³-hybridized carbons (Fsp3) is 0.462. The molecule has 34 heavy (non-hydrogen) atoms. The molecule has 7 nitrogen and oxygen atoms in total. The number of aromatic nitrogens is 1. The van der Waals surface area contributed by atoms with E-state index in [1.807, 2.05) is 31.2 Å². The third kappa shape index (κ3) is 4.76. The Kier molecular flexibility index (Phi) is 6.72. The molecule has 180 valence electrons. The maximum Gasteiger partial charge on any atom is 0.273 e. The van der Waals surface area contributed by atoms with Crippen LogP contribution in [0.1, 0.15) is 24.5 Å². The summed E-state index contributed by atoms with van der Waals surface area (Å²) in [5.74, 6) is 1.16. The number of aryl methyl sites for hydroxylation is 2. The lowest BCUT2D eigenvalue weighted by Gasteiger charge is -2.34. The van der Waals surface area contributed by atoms with E-state index >= 15 is 0 Å². The van der Waals surface area contributed by atoms with Gasteiger partial charge in [-0.05, 0) is 56.5 Å². The number of carbonyl (C=O) groups excluding carboxylic acids is 1. The van der Waals surface area contributed by atoms with Gasteiger partial charge in [-0.3, -0.25) is 14.6 Å². The zero-order valence-electron chi connectivity index (χ0n) is 20.0. The Morgan fingerprint density at radius 3 is 2.65 bits per heavy atom. The molecule has 2 aromatic carbocycles. The second-order valence-electron chi connectivity index (χ2n) is 9.03. The molecule has 3 heterocycles. The van der Waals surface area contributed by atoms with Crippen molar-refractivity contribution in [3.8, 4) is 11.5 Å². The molecule has 1 fully saturated rings. The molecule has 0 radical (unpaired) electrons. The molecule has 2 aliphatic heterocycles. The van der Waals surface area contributed by atoms with Crippen LogP contribution < -0.4 is 14.4 Å². The topological polar surface area (TPSA) is 64.1 Å². The van der Waals surface area contributed by atoms with Crippen molar-refractivity contribution in [3.05, 3.63) is 47.5 Å². The van der Waals surface area contributed by atoms with E-state index in [2.05, 4.69) is 30.9 Å². The quantitative estimate of drug-likeness (QED) is 0.526. The van der Waals surface area contributed by atoms with Crippen LogP contribution in [0.15, 0.2) is 36.4 Å². The Labute approximate surface area is 204 Å². The molecule has 2 atom stereocenters. The van der Waals surface area contributed by atoms with E-state index in [9.17, 15) is 4.79 Å². The molecule has 1 saturated heterocycles. The summed E-state index contributed by atoms with van der Waals surface area (Å²) < 4.78 is 18.8. The van der Waals surface area contributed by atoms with Crippen LogP contribution in [-0.2, 0) is 9.53 Å². The van der Waals surface area contributed by atoms with Gasteiger partial charge >= 0.3 is 0 Å². The van der Waals surface area contributed by atoms with Crippen molar-refractivity contribution in [2.24, 2.45) is 0 Å². The second kappa shape index (κ2) is 9.90. The lowest BCUT2D eigenvalue weighted by Crippen LogP contribution is -2.51. The maximum atomic E-state index is 13.9. The minimum Gasteiger partial charge on any atom is -0.482 e. The van der Waals surface area contributed by atoms with Gasteiger partial charge in [0, 0.05) is 26.2 Å². The molecule has 2 aliphatic rings. The number of amides is 1. The fourth-order valence-electron chi connectivity index (χ4n) is 4.60. The first kappa shape index (κ1) is 23.1. The second-order valence-corrected chi connectivity index (χ2v) is 10.0. The SMILES string of the molecule is Cc1cc(C)c2sc(N(CCCN3CCOCC3)C(=O)C3Oc4ccccc4OC3C)nc2c1. The molecule has 0 spiro atoms. The van der Waals surface area contributed by atoms with Crippen LogP contribution >= 0.6 is 11.3 Å². The average Bonchev–Trinajstić information content (AvgIpc) is 3.25. The van der Waals surface area contributed by atoms with Crippen molar-refractivity contribution in [1.82, 2.24) is 9.88 Å². The molecule has 8 heteroatoms. The van der Waals surface area contributed by atoms with E-state index in [1.54, 1.807) is 16.2 Å². The van der Waals surface area contributed by atoms with Crippen molar-refractivity contribution >= 4 is 32.6 Å². The Morgan fingerprint density at radius 1 is 1.15 bits per heavy atom. The smallest absolute Gasteiger partial charge is 0.273 e. The van der Waals surface area contributed by atoms with Crippen molar-refractivity contribution in [2.45, 2.75) is 39.4 Å². The fourth-order valence-corrected chi connectivity index (χ4v) is 5.65. The summed E-state index contributed by atoms with van der Waals surface area (Å²) in [7, 11) is 0. The number of fused-ring (bicyclic) bond motifs is 2. The zero-order valence-corrected chi connectivity index (χ0v) is 20.8. The molecular weight excluding hydrogens is 450 g/mol. The van der Waals surface area contributed by atoms with Crippen molar-refractivity contribution in [2.75, 3.05) is 44.3 Å². The third-order valence-corrected chi connectivity index (χ3v) is 7.58. The number of rotatable bonds is 6. The van der Waals surface area contributed by atoms with Crippen LogP contribution in [0, 0.1) is 13.8 Å². The van der Waals surface area contributed by atoms with Crippen LogP contribution in [-0.4, -0.2) is 67.4 Å². The van der Waals surface area contributed by atoms with Gasteiger partial charge < -0.3 is 14.2 Å². The van der Waals surface area contributed by atoms with Gasteiger partial charge in [-0.1, -0.05) is 29.5 Å². The molecule has 3 aromatic rings.